The highest BCUT2D eigenvalue weighted by Crippen LogP contribution is 2.29. The second-order valence-corrected chi connectivity index (χ2v) is 6.37. The summed E-state index contributed by atoms with van der Waals surface area (Å²) < 4.78 is 3.28. The molecule has 2 amide bonds. The van der Waals surface area contributed by atoms with Crippen LogP contribution in [0.15, 0.2) is 73.1 Å². The predicted octanol–water partition coefficient (Wildman–Crippen LogP) is 4.13. The fraction of sp³-hybridized carbons (Fsp3) is 0.0952. The first-order chi connectivity index (χ1) is 13.6. The molecule has 0 fully saturated rings. The van der Waals surface area contributed by atoms with Crippen molar-refractivity contribution in [3.05, 3.63) is 73.1 Å². The van der Waals surface area contributed by atoms with Gasteiger partial charge in [-0.15, -0.1) is 0 Å². The van der Waals surface area contributed by atoms with Crippen LogP contribution < -0.4 is 10.6 Å². The molecule has 0 aliphatic carbocycles. The molecule has 0 spiro atoms. The zero-order valence-electron chi connectivity index (χ0n) is 15.6. The van der Waals surface area contributed by atoms with E-state index in [-0.39, 0.29) is 6.03 Å². The van der Waals surface area contributed by atoms with Crippen LogP contribution in [0.25, 0.3) is 22.3 Å². The molecule has 0 saturated carbocycles. The third kappa shape index (κ3) is 3.37. The normalized spacial score (nSPS) is 10.6. The Balaban J connectivity index is 1.59. The summed E-state index contributed by atoms with van der Waals surface area (Å²) in [6.45, 7) is 0. The van der Waals surface area contributed by atoms with Crippen LogP contribution in [-0.2, 0) is 14.1 Å². The van der Waals surface area contributed by atoms with Crippen LogP contribution in [0.5, 0.6) is 0 Å². The van der Waals surface area contributed by atoms with Crippen LogP contribution in [0.1, 0.15) is 0 Å². The number of aromatic nitrogens is 4. The Morgan fingerprint density at radius 3 is 1.50 bits per heavy atom. The Bertz CT molecular complexity index is 1010. The summed E-state index contributed by atoms with van der Waals surface area (Å²) in [7, 11) is 3.59. The molecule has 7 heteroatoms. The van der Waals surface area contributed by atoms with Crippen LogP contribution in [0.3, 0.4) is 0 Å². The number of rotatable bonds is 4. The molecule has 4 aromatic rings. The van der Waals surface area contributed by atoms with Gasteiger partial charge in [0.15, 0.2) is 0 Å². The number of nitrogens with zero attached hydrogens (tertiary/aromatic N) is 4. The van der Waals surface area contributed by atoms with Crippen LogP contribution in [0.4, 0.5) is 16.4 Å². The number of benzene rings is 2. The van der Waals surface area contributed by atoms with Crippen molar-refractivity contribution in [3.63, 3.8) is 0 Å². The van der Waals surface area contributed by atoms with Crippen molar-refractivity contribution in [3.8, 4) is 22.3 Å². The molecule has 2 aromatic heterocycles. The lowest BCUT2D eigenvalue weighted by Crippen LogP contribution is -2.23. The number of aryl methyl sites for hydroxylation is 2. The third-order valence-corrected chi connectivity index (χ3v) is 4.51. The minimum Gasteiger partial charge on any atom is -0.292 e. The largest absolute Gasteiger partial charge is 0.326 e. The SMILES string of the molecule is Cn1ncc(-c2ccccc2)c1NC(=O)Nc1c(-c2ccccc2)cnn1C. The van der Waals surface area contributed by atoms with Crippen molar-refractivity contribution in [1.82, 2.24) is 19.6 Å². The molecular weight excluding hydrogens is 352 g/mol. The summed E-state index contributed by atoms with van der Waals surface area (Å²) in [5.41, 5.74) is 3.67. The average Bonchev–Trinajstić information content (AvgIpc) is 3.26. The van der Waals surface area contributed by atoms with Crippen LogP contribution in [0.2, 0.25) is 0 Å². The number of carbonyl (C=O) groups is 1. The van der Waals surface area contributed by atoms with E-state index < -0.39 is 0 Å². The van der Waals surface area contributed by atoms with E-state index >= 15 is 0 Å². The van der Waals surface area contributed by atoms with Gasteiger partial charge in [0.05, 0.1) is 12.4 Å². The molecule has 7 nitrogen and oxygen atoms in total. The van der Waals surface area contributed by atoms with E-state index in [1.807, 2.05) is 60.7 Å². The topological polar surface area (TPSA) is 76.8 Å². The van der Waals surface area contributed by atoms with E-state index in [4.69, 9.17) is 0 Å². The molecule has 0 aliphatic heterocycles. The maximum Gasteiger partial charge on any atom is 0.326 e. The van der Waals surface area contributed by atoms with Crippen LogP contribution in [0, 0.1) is 0 Å². The van der Waals surface area contributed by atoms with Crippen molar-refractivity contribution in [2.45, 2.75) is 0 Å². The minimum absolute atomic E-state index is 0.360. The van der Waals surface area contributed by atoms with Gasteiger partial charge in [-0.3, -0.25) is 20.0 Å². The first kappa shape index (κ1) is 17.5. The molecule has 2 N–H and O–H groups in total. The van der Waals surface area contributed by atoms with Gasteiger partial charge in [0.25, 0.3) is 0 Å². The van der Waals surface area contributed by atoms with Crippen molar-refractivity contribution in [2.75, 3.05) is 10.6 Å². The highest BCUT2D eigenvalue weighted by Gasteiger charge is 2.17. The Morgan fingerprint density at radius 1 is 0.714 bits per heavy atom. The van der Waals surface area contributed by atoms with Crippen LogP contribution >= 0.6 is 0 Å². The summed E-state index contributed by atoms with van der Waals surface area (Å²) in [6, 6.07) is 19.3. The van der Waals surface area contributed by atoms with E-state index in [0.29, 0.717) is 11.6 Å². The molecule has 0 radical (unpaired) electrons. The molecule has 0 atom stereocenters. The molecule has 140 valence electrons. The molecule has 2 aromatic carbocycles. The number of carbonyl (C=O) groups excluding carboxylic acids is 1. The van der Waals surface area contributed by atoms with Gasteiger partial charge in [-0.2, -0.15) is 10.2 Å². The molecule has 0 saturated heterocycles. The van der Waals surface area contributed by atoms with Gasteiger partial charge in [0, 0.05) is 25.2 Å². The van der Waals surface area contributed by atoms with Gasteiger partial charge in [0.1, 0.15) is 11.6 Å². The van der Waals surface area contributed by atoms with Gasteiger partial charge in [-0.1, -0.05) is 60.7 Å². The summed E-state index contributed by atoms with van der Waals surface area (Å²) >= 11 is 0. The number of amides is 2. The Labute approximate surface area is 162 Å². The molecule has 0 aliphatic rings. The first-order valence-electron chi connectivity index (χ1n) is 8.86. The molecule has 0 bridgehead atoms. The van der Waals surface area contributed by atoms with E-state index in [2.05, 4.69) is 20.8 Å². The third-order valence-electron chi connectivity index (χ3n) is 4.51. The van der Waals surface area contributed by atoms with Gasteiger partial charge >= 0.3 is 6.03 Å². The molecule has 0 unspecified atom stereocenters. The quantitative estimate of drug-likeness (QED) is 0.565. The summed E-state index contributed by atoms with van der Waals surface area (Å²) in [5.74, 6) is 1.24. The van der Waals surface area contributed by atoms with Crippen molar-refractivity contribution >= 4 is 17.7 Å². The number of hydrogen-bond donors (Lipinski definition) is 2. The maximum atomic E-state index is 12.7. The van der Waals surface area contributed by atoms with Crippen LogP contribution in [-0.4, -0.2) is 25.6 Å². The van der Waals surface area contributed by atoms with Gasteiger partial charge < -0.3 is 0 Å². The lowest BCUT2D eigenvalue weighted by Gasteiger charge is -2.12. The van der Waals surface area contributed by atoms with Gasteiger partial charge in [-0.05, 0) is 11.1 Å². The predicted molar refractivity (Wildman–Crippen MR) is 110 cm³/mol. The second-order valence-electron chi connectivity index (χ2n) is 6.37. The highest BCUT2D eigenvalue weighted by atomic mass is 16.2. The van der Waals surface area contributed by atoms with E-state index in [1.54, 1.807) is 35.9 Å². The molecular formula is C21H20N6O. The fourth-order valence-corrected chi connectivity index (χ4v) is 3.08. The zero-order valence-corrected chi connectivity index (χ0v) is 15.6. The standard InChI is InChI=1S/C21H20N6O/c1-26-19(17(13-22-26)15-9-5-3-6-10-15)24-21(28)25-20-18(14-23-27(20)2)16-11-7-4-8-12-16/h3-14H,1-2H3,(H2,24,25,28). The highest BCUT2D eigenvalue weighted by molar-refractivity contribution is 6.03. The summed E-state index contributed by atoms with van der Waals surface area (Å²) in [5, 5.41) is 14.4. The van der Waals surface area contributed by atoms with E-state index in [0.717, 1.165) is 22.3 Å². The lowest BCUT2D eigenvalue weighted by atomic mass is 10.1. The molecule has 4 rings (SSSR count). The molecule has 28 heavy (non-hydrogen) atoms. The first-order valence-corrected chi connectivity index (χ1v) is 8.86. The lowest BCUT2D eigenvalue weighted by molar-refractivity contribution is 0.262. The number of hydrogen-bond acceptors (Lipinski definition) is 3. The van der Waals surface area contributed by atoms with E-state index in [9.17, 15) is 4.79 Å². The Morgan fingerprint density at radius 2 is 1.11 bits per heavy atom. The van der Waals surface area contributed by atoms with Gasteiger partial charge in [0.2, 0.25) is 0 Å². The van der Waals surface area contributed by atoms with Gasteiger partial charge in [-0.25, -0.2) is 4.79 Å². The molecule has 2 heterocycles. The minimum atomic E-state index is -0.360. The Kier molecular flexibility index (Phi) is 4.63. The smallest absolute Gasteiger partial charge is 0.292 e. The number of nitrogens with one attached hydrogen (secondary N) is 2. The van der Waals surface area contributed by atoms with Crippen molar-refractivity contribution < 1.29 is 4.79 Å². The summed E-state index contributed by atoms with van der Waals surface area (Å²) in [4.78, 5) is 12.7. The van der Waals surface area contributed by atoms with E-state index in [1.165, 1.54) is 0 Å². The van der Waals surface area contributed by atoms with Crippen molar-refractivity contribution in [2.24, 2.45) is 14.1 Å². The van der Waals surface area contributed by atoms with Crippen molar-refractivity contribution in [1.29, 1.82) is 0 Å². The number of anilines is 2. The zero-order chi connectivity index (χ0) is 19.5. The monoisotopic (exact) mass is 372 g/mol. The fourth-order valence-electron chi connectivity index (χ4n) is 3.08. The number of urea groups is 1. The second kappa shape index (κ2) is 7.40. The average molecular weight is 372 g/mol. The summed E-state index contributed by atoms with van der Waals surface area (Å²) in [6.07, 6.45) is 3.48. The maximum absolute atomic E-state index is 12.7. The Hall–Kier alpha value is -3.87.